The van der Waals surface area contributed by atoms with Gasteiger partial charge in [-0.15, -0.1) is 0 Å². The van der Waals surface area contributed by atoms with Crippen LogP contribution in [0, 0.1) is 12.7 Å². The van der Waals surface area contributed by atoms with Crippen molar-refractivity contribution in [1.29, 1.82) is 0 Å². The van der Waals surface area contributed by atoms with E-state index in [1.165, 1.54) is 6.07 Å². The van der Waals surface area contributed by atoms with E-state index in [0.717, 1.165) is 31.5 Å². The smallest absolute Gasteiger partial charge is 0.354 e. The number of aromatic amines is 1. The van der Waals surface area contributed by atoms with Crippen LogP contribution in [0.1, 0.15) is 46.1 Å². The first kappa shape index (κ1) is 19.2. The first-order valence-electron chi connectivity index (χ1n) is 9.52. The molecule has 1 aromatic carbocycles. The highest BCUT2D eigenvalue weighted by Gasteiger charge is 2.22. The largest absolute Gasteiger partial charge is 0.477 e. The van der Waals surface area contributed by atoms with E-state index in [1.54, 1.807) is 25.3 Å². The summed E-state index contributed by atoms with van der Waals surface area (Å²) in [5.74, 6) is -1.15. The maximum atomic E-state index is 14.9. The van der Waals surface area contributed by atoms with Crippen molar-refractivity contribution in [2.45, 2.75) is 32.2 Å². The summed E-state index contributed by atoms with van der Waals surface area (Å²) in [4.78, 5) is 35.6. The number of carbonyl (C=O) groups is 1. The number of piperidine rings is 1. The van der Waals surface area contributed by atoms with Crippen molar-refractivity contribution >= 4 is 17.0 Å². The molecule has 0 saturated carbocycles. The summed E-state index contributed by atoms with van der Waals surface area (Å²) < 4.78 is 14.9. The second-order valence-electron chi connectivity index (χ2n) is 7.42. The Labute approximate surface area is 166 Å². The van der Waals surface area contributed by atoms with Gasteiger partial charge < -0.3 is 10.1 Å². The third-order valence-corrected chi connectivity index (χ3v) is 5.51. The number of aromatic nitrogens is 3. The standard InChI is InChI=1S/C21H21FN4O3/c1-12-20(27)25-19-16(24-12)4-3-15(18(19)22)11-26-8-6-13(7-9-26)14-2-5-17(21(28)29)23-10-14/h2-5,10,13H,6-9,11H2,1H3,(H,25,27)(H,28,29). The molecule has 0 amide bonds. The van der Waals surface area contributed by atoms with Crippen LogP contribution in [-0.2, 0) is 6.54 Å². The number of aryl methyl sites for hydroxylation is 1. The van der Waals surface area contributed by atoms with E-state index >= 15 is 0 Å². The number of likely N-dealkylation sites (tertiary alicyclic amines) is 1. The summed E-state index contributed by atoms with van der Waals surface area (Å²) in [5, 5.41) is 8.95. The molecule has 0 aliphatic carbocycles. The molecule has 0 unspecified atom stereocenters. The van der Waals surface area contributed by atoms with Gasteiger partial charge in [0.25, 0.3) is 5.56 Å². The summed E-state index contributed by atoms with van der Waals surface area (Å²) >= 11 is 0. The van der Waals surface area contributed by atoms with Crippen LogP contribution >= 0.6 is 0 Å². The molecular weight excluding hydrogens is 375 g/mol. The van der Waals surface area contributed by atoms with Crippen molar-refractivity contribution in [2.24, 2.45) is 0 Å². The molecule has 1 saturated heterocycles. The van der Waals surface area contributed by atoms with E-state index in [9.17, 15) is 14.0 Å². The summed E-state index contributed by atoms with van der Waals surface area (Å²) in [6, 6.07) is 6.82. The van der Waals surface area contributed by atoms with Crippen LogP contribution in [0.15, 0.2) is 35.3 Å². The summed E-state index contributed by atoms with van der Waals surface area (Å²) in [7, 11) is 0. The number of H-pyrrole nitrogens is 1. The van der Waals surface area contributed by atoms with E-state index < -0.39 is 11.8 Å². The van der Waals surface area contributed by atoms with Crippen LogP contribution in [0.5, 0.6) is 0 Å². The third kappa shape index (κ3) is 3.88. The van der Waals surface area contributed by atoms with Crippen molar-refractivity contribution in [3.8, 4) is 0 Å². The maximum absolute atomic E-state index is 14.9. The van der Waals surface area contributed by atoms with Gasteiger partial charge in [-0.05, 0) is 56.5 Å². The number of benzene rings is 1. The van der Waals surface area contributed by atoms with Gasteiger partial charge in [-0.25, -0.2) is 19.2 Å². The van der Waals surface area contributed by atoms with E-state index in [1.807, 2.05) is 6.07 Å². The zero-order chi connectivity index (χ0) is 20.5. The van der Waals surface area contributed by atoms with Gasteiger partial charge in [0.15, 0.2) is 5.82 Å². The molecule has 8 heteroatoms. The molecule has 2 N–H and O–H groups in total. The van der Waals surface area contributed by atoms with Crippen LogP contribution in [0.3, 0.4) is 0 Å². The quantitative estimate of drug-likeness (QED) is 0.704. The number of hydrogen-bond acceptors (Lipinski definition) is 5. The molecule has 2 aromatic heterocycles. The van der Waals surface area contributed by atoms with Gasteiger partial charge in [0.2, 0.25) is 0 Å². The Kier molecular flexibility index (Phi) is 5.10. The predicted molar refractivity (Wildman–Crippen MR) is 106 cm³/mol. The van der Waals surface area contributed by atoms with Crippen molar-refractivity contribution in [2.75, 3.05) is 13.1 Å². The number of nitrogens with zero attached hydrogens (tertiary/aromatic N) is 3. The molecule has 150 valence electrons. The van der Waals surface area contributed by atoms with Gasteiger partial charge in [-0.1, -0.05) is 12.1 Å². The van der Waals surface area contributed by atoms with Crippen molar-refractivity contribution in [3.63, 3.8) is 0 Å². The monoisotopic (exact) mass is 396 g/mol. The number of hydrogen-bond donors (Lipinski definition) is 2. The van der Waals surface area contributed by atoms with Gasteiger partial charge in [0.05, 0.1) is 5.52 Å². The first-order chi connectivity index (χ1) is 13.9. The lowest BCUT2D eigenvalue weighted by Crippen LogP contribution is -2.32. The summed E-state index contributed by atoms with van der Waals surface area (Å²) in [6.07, 6.45) is 3.42. The topological polar surface area (TPSA) is 99.2 Å². The predicted octanol–water partition coefficient (Wildman–Crippen LogP) is 2.84. The SMILES string of the molecule is Cc1nc2ccc(CN3CCC(c4ccc(C(=O)O)nc4)CC3)c(F)c2[nH]c1=O. The molecule has 3 heterocycles. The minimum atomic E-state index is -1.03. The highest BCUT2D eigenvalue weighted by Crippen LogP contribution is 2.29. The fraction of sp³-hybridized carbons (Fsp3) is 0.333. The Morgan fingerprint density at radius 3 is 2.69 bits per heavy atom. The van der Waals surface area contributed by atoms with E-state index in [0.29, 0.717) is 29.2 Å². The Hall–Kier alpha value is -3.13. The van der Waals surface area contributed by atoms with Crippen molar-refractivity contribution < 1.29 is 14.3 Å². The zero-order valence-corrected chi connectivity index (χ0v) is 16.0. The third-order valence-electron chi connectivity index (χ3n) is 5.51. The molecule has 0 atom stereocenters. The number of pyridine rings is 1. The molecule has 0 radical (unpaired) electrons. The lowest BCUT2D eigenvalue weighted by atomic mass is 9.90. The van der Waals surface area contributed by atoms with Gasteiger partial charge in [-0.2, -0.15) is 0 Å². The number of carboxylic acid groups (broad SMARTS) is 1. The second kappa shape index (κ2) is 7.71. The van der Waals surface area contributed by atoms with E-state index in [4.69, 9.17) is 5.11 Å². The minimum Gasteiger partial charge on any atom is -0.477 e. The number of halogens is 1. The van der Waals surface area contributed by atoms with Crippen LogP contribution in [0.25, 0.3) is 11.0 Å². The molecule has 1 aliphatic rings. The lowest BCUT2D eigenvalue weighted by molar-refractivity contribution is 0.0690. The van der Waals surface area contributed by atoms with Gasteiger partial charge in [0.1, 0.15) is 16.9 Å². The van der Waals surface area contributed by atoms with Gasteiger partial charge >= 0.3 is 5.97 Å². The zero-order valence-electron chi connectivity index (χ0n) is 16.0. The highest BCUT2D eigenvalue weighted by molar-refractivity contribution is 5.85. The Bertz CT molecular complexity index is 1120. The Morgan fingerprint density at radius 1 is 1.28 bits per heavy atom. The average Bonchev–Trinajstić information content (AvgIpc) is 2.72. The first-order valence-corrected chi connectivity index (χ1v) is 9.52. The Morgan fingerprint density at radius 2 is 2.03 bits per heavy atom. The molecule has 3 aromatic rings. The lowest BCUT2D eigenvalue weighted by Gasteiger charge is -2.32. The van der Waals surface area contributed by atoms with Crippen molar-refractivity contribution in [1.82, 2.24) is 19.9 Å². The van der Waals surface area contributed by atoms with Crippen LogP contribution < -0.4 is 5.56 Å². The second-order valence-corrected chi connectivity index (χ2v) is 7.42. The number of carboxylic acids is 1. The summed E-state index contributed by atoms with van der Waals surface area (Å²) in [6.45, 7) is 3.65. The molecule has 29 heavy (non-hydrogen) atoms. The summed E-state index contributed by atoms with van der Waals surface area (Å²) in [5.41, 5.74) is 2.14. The number of rotatable bonds is 4. The number of fused-ring (bicyclic) bond motifs is 1. The molecule has 4 rings (SSSR count). The average molecular weight is 396 g/mol. The van der Waals surface area contributed by atoms with E-state index in [-0.39, 0.29) is 16.8 Å². The fourth-order valence-corrected chi connectivity index (χ4v) is 3.82. The number of aromatic carboxylic acids is 1. The molecule has 0 bridgehead atoms. The molecular formula is C21H21FN4O3. The normalized spacial score (nSPS) is 15.7. The van der Waals surface area contributed by atoms with Crippen LogP contribution in [0.4, 0.5) is 4.39 Å². The molecule has 0 spiro atoms. The molecule has 1 fully saturated rings. The highest BCUT2D eigenvalue weighted by atomic mass is 19.1. The van der Waals surface area contributed by atoms with E-state index in [2.05, 4.69) is 19.9 Å². The molecule has 7 nitrogen and oxygen atoms in total. The Balaban J connectivity index is 1.44. The molecule has 1 aliphatic heterocycles. The maximum Gasteiger partial charge on any atom is 0.354 e. The van der Waals surface area contributed by atoms with Crippen LogP contribution in [-0.4, -0.2) is 44.0 Å². The minimum absolute atomic E-state index is 0.0423. The van der Waals surface area contributed by atoms with Gasteiger partial charge in [0, 0.05) is 18.3 Å². The number of nitrogens with one attached hydrogen (secondary N) is 1. The van der Waals surface area contributed by atoms with Crippen molar-refractivity contribution in [3.05, 3.63) is 69.1 Å². The fourth-order valence-electron chi connectivity index (χ4n) is 3.82. The van der Waals surface area contributed by atoms with Crippen LogP contribution in [0.2, 0.25) is 0 Å². The van der Waals surface area contributed by atoms with Gasteiger partial charge in [-0.3, -0.25) is 9.69 Å².